The average molecular weight is 298 g/mol. The van der Waals surface area contributed by atoms with E-state index in [9.17, 15) is 0 Å². The molecule has 0 aliphatic carbocycles. The fourth-order valence-corrected chi connectivity index (χ4v) is 3.18. The molecule has 1 N–H and O–H groups in total. The zero-order valence-corrected chi connectivity index (χ0v) is 13.8. The third-order valence-electron chi connectivity index (χ3n) is 3.62. The molecule has 0 atom stereocenters. The van der Waals surface area contributed by atoms with E-state index in [1.54, 1.807) is 4.80 Å². The van der Waals surface area contributed by atoms with Crippen molar-refractivity contribution < 1.29 is 0 Å². The second-order valence-corrected chi connectivity index (χ2v) is 7.60. The highest BCUT2D eigenvalue weighted by molar-refractivity contribution is 5.73. The first-order valence-corrected chi connectivity index (χ1v) is 7.50. The minimum absolute atomic E-state index is 0.125. The van der Waals surface area contributed by atoms with Crippen molar-refractivity contribution in [3.05, 3.63) is 30.0 Å². The van der Waals surface area contributed by atoms with Crippen LogP contribution in [0.4, 0.5) is 0 Å². The van der Waals surface area contributed by atoms with Gasteiger partial charge in [0.1, 0.15) is 16.7 Å². The number of H-pyrrole nitrogens is 1. The van der Waals surface area contributed by atoms with Gasteiger partial charge in [0, 0.05) is 5.41 Å². The van der Waals surface area contributed by atoms with Gasteiger partial charge in [-0.05, 0) is 24.0 Å². The van der Waals surface area contributed by atoms with Crippen molar-refractivity contribution in [2.24, 2.45) is 5.41 Å². The van der Waals surface area contributed by atoms with Crippen molar-refractivity contribution in [1.29, 1.82) is 0 Å². The molecule has 0 saturated carbocycles. The van der Waals surface area contributed by atoms with Gasteiger partial charge in [-0.15, -0.1) is 20.1 Å². The molecule has 0 radical (unpaired) electrons. The molecule has 2 aromatic heterocycles. The molecular weight excluding hydrogens is 276 g/mol. The van der Waals surface area contributed by atoms with E-state index in [0.29, 0.717) is 5.82 Å². The van der Waals surface area contributed by atoms with E-state index in [2.05, 4.69) is 60.2 Å². The van der Waals surface area contributed by atoms with Gasteiger partial charge in [-0.3, -0.25) is 0 Å². The van der Waals surface area contributed by atoms with Crippen molar-refractivity contribution in [2.45, 2.75) is 46.5 Å². The zero-order valence-electron chi connectivity index (χ0n) is 13.8. The second kappa shape index (κ2) is 4.90. The molecule has 0 aliphatic heterocycles. The summed E-state index contributed by atoms with van der Waals surface area (Å²) >= 11 is 0. The summed E-state index contributed by atoms with van der Waals surface area (Å²) < 4.78 is 0. The molecule has 0 amide bonds. The quantitative estimate of drug-likeness (QED) is 0.805. The van der Waals surface area contributed by atoms with E-state index in [-0.39, 0.29) is 10.8 Å². The van der Waals surface area contributed by atoms with E-state index in [4.69, 9.17) is 0 Å². The lowest BCUT2D eigenvalue weighted by Gasteiger charge is -2.31. The van der Waals surface area contributed by atoms with E-state index in [1.165, 1.54) is 0 Å². The van der Waals surface area contributed by atoms with Crippen LogP contribution in [-0.2, 0) is 5.41 Å². The Hall–Kier alpha value is -2.24. The number of aromatic amines is 1. The number of hydrogen-bond donors (Lipinski definition) is 1. The first-order valence-electron chi connectivity index (χ1n) is 7.50. The minimum Gasteiger partial charge on any atom is -0.195 e. The van der Waals surface area contributed by atoms with Crippen LogP contribution >= 0.6 is 0 Å². The van der Waals surface area contributed by atoms with Crippen LogP contribution in [0.25, 0.3) is 16.9 Å². The number of nitrogens with one attached hydrogen (secondary N) is 1. The SMILES string of the molecule is CC(C)(C)CC(C)(C)c1n[nH]nc1-n1nc2ccccc2n1. The molecule has 2 heterocycles. The van der Waals surface area contributed by atoms with Crippen LogP contribution in [0.3, 0.4) is 0 Å². The maximum Gasteiger partial charge on any atom is 0.219 e. The maximum atomic E-state index is 4.51. The smallest absolute Gasteiger partial charge is 0.195 e. The Morgan fingerprint density at radius 1 is 0.955 bits per heavy atom. The van der Waals surface area contributed by atoms with Gasteiger partial charge in [-0.1, -0.05) is 46.8 Å². The Morgan fingerprint density at radius 3 is 2.09 bits per heavy atom. The molecule has 116 valence electrons. The molecule has 0 fully saturated rings. The molecule has 6 heteroatoms. The number of benzene rings is 1. The van der Waals surface area contributed by atoms with E-state index < -0.39 is 0 Å². The van der Waals surface area contributed by atoms with Gasteiger partial charge in [-0.2, -0.15) is 10.3 Å². The highest BCUT2D eigenvalue weighted by atomic mass is 15.5. The van der Waals surface area contributed by atoms with Crippen LogP contribution in [0.5, 0.6) is 0 Å². The van der Waals surface area contributed by atoms with Crippen molar-refractivity contribution in [1.82, 2.24) is 30.4 Å². The van der Waals surface area contributed by atoms with E-state index in [1.807, 2.05) is 24.3 Å². The van der Waals surface area contributed by atoms with Gasteiger partial charge in [0.25, 0.3) is 0 Å². The van der Waals surface area contributed by atoms with Crippen LogP contribution in [0.15, 0.2) is 24.3 Å². The van der Waals surface area contributed by atoms with E-state index >= 15 is 0 Å². The summed E-state index contributed by atoms with van der Waals surface area (Å²) in [5.41, 5.74) is 2.67. The molecular formula is C16H22N6. The van der Waals surface area contributed by atoms with Crippen LogP contribution in [0.2, 0.25) is 0 Å². The summed E-state index contributed by atoms with van der Waals surface area (Å²) in [6, 6.07) is 7.79. The van der Waals surface area contributed by atoms with E-state index in [0.717, 1.165) is 23.1 Å². The van der Waals surface area contributed by atoms with Crippen molar-refractivity contribution in [3.8, 4) is 5.82 Å². The summed E-state index contributed by atoms with van der Waals surface area (Å²) in [6.45, 7) is 11.1. The lowest BCUT2D eigenvalue weighted by Crippen LogP contribution is -2.27. The Bertz CT molecular complexity index is 757. The first kappa shape index (κ1) is 14.7. The van der Waals surface area contributed by atoms with Gasteiger partial charge in [0.05, 0.1) is 0 Å². The molecule has 0 spiro atoms. The highest BCUT2D eigenvalue weighted by Crippen LogP contribution is 2.36. The molecule has 0 aliphatic rings. The fourth-order valence-electron chi connectivity index (χ4n) is 3.18. The van der Waals surface area contributed by atoms with Gasteiger partial charge in [0.2, 0.25) is 5.82 Å². The number of hydrogen-bond acceptors (Lipinski definition) is 4. The molecule has 0 saturated heterocycles. The summed E-state index contributed by atoms with van der Waals surface area (Å²) in [6.07, 6.45) is 0.986. The standard InChI is InChI=1S/C16H22N6/c1-15(2,3)10-16(4,5)13-14(18-21-17-13)22-19-11-8-6-7-9-12(11)20-22/h6-9H,10H2,1-5H3,(H,17,18,21). The van der Waals surface area contributed by atoms with Gasteiger partial charge in [0.15, 0.2) is 0 Å². The van der Waals surface area contributed by atoms with Crippen LogP contribution in [-0.4, -0.2) is 30.4 Å². The van der Waals surface area contributed by atoms with Crippen molar-refractivity contribution in [3.63, 3.8) is 0 Å². The third-order valence-corrected chi connectivity index (χ3v) is 3.62. The van der Waals surface area contributed by atoms with Gasteiger partial charge >= 0.3 is 0 Å². The van der Waals surface area contributed by atoms with Crippen molar-refractivity contribution in [2.75, 3.05) is 0 Å². The molecule has 0 unspecified atom stereocenters. The summed E-state index contributed by atoms with van der Waals surface area (Å²) in [5.74, 6) is 0.672. The number of fused-ring (bicyclic) bond motifs is 1. The first-order chi connectivity index (χ1) is 10.3. The Balaban J connectivity index is 2.05. The highest BCUT2D eigenvalue weighted by Gasteiger charge is 2.33. The summed E-state index contributed by atoms with van der Waals surface area (Å²) in [7, 11) is 0. The minimum atomic E-state index is -0.125. The summed E-state index contributed by atoms with van der Waals surface area (Å²) in [4.78, 5) is 1.58. The lowest BCUT2D eigenvalue weighted by atomic mass is 9.74. The van der Waals surface area contributed by atoms with Crippen molar-refractivity contribution >= 4 is 11.0 Å². The predicted molar refractivity (Wildman–Crippen MR) is 85.9 cm³/mol. The Kier molecular flexibility index (Phi) is 3.27. The predicted octanol–water partition coefficient (Wildman–Crippen LogP) is 3.25. The largest absolute Gasteiger partial charge is 0.219 e. The third kappa shape index (κ3) is 2.73. The Labute approximate surface area is 129 Å². The molecule has 1 aromatic carbocycles. The normalized spacial score (nSPS) is 13.0. The lowest BCUT2D eigenvalue weighted by molar-refractivity contribution is 0.279. The number of nitrogens with zero attached hydrogens (tertiary/aromatic N) is 5. The average Bonchev–Trinajstić information content (AvgIpc) is 3.02. The van der Waals surface area contributed by atoms with Crippen LogP contribution in [0, 0.1) is 5.41 Å². The topological polar surface area (TPSA) is 72.3 Å². The van der Waals surface area contributed by atoms with Gasteiger partial charge < -0.3 is 0 Å². The molecule has 3 aromatic rings. The van der Waals surface area contributed by atoms with Gasteiger partial charge in [-0.25, -0.2) is 0 Å². The summed E-state index contributed by atoms with van der Waals surface area (Å²) in [5, 5.41) is 20.4. The molecule has 6 nitrogen and oxygen atoms in total. The fraction of sp³-hybridized carbons (Fsp3) is 0.500. The zero-order chi connectivity index (χ0) is 16.0. The molecule has 22 heavy (non-hydrogen) atoms. The van der Waals surface area contributed by atoms with Crippen LogP contribution in [0.1, 0.15) is 46.7 Å². The number of rotatable bonds is 3. The molecule has 3 rings (SSSR count). The second-order valence-electron chi connectivity index (χ2n) is 7.60. The monoisotopic (exact) mass is 298 g/mol. The Morgan fingerprint density at radius 2 is 1.55 bits per heavy atom. The maximum absolute atomic E-state index is 4.51. The number of aromatic nitrogens is 6. The van der Waals surface area contributed by atoms with Crippen LogP contribution < -0.4 is 0 Å². The molecule has 0 bridgehead atoms.